The number of carbonyl (C=O) groups excluding carboxylic acids is 1. The van der Waals surface area contributed by atoms with E-state index in [1.54, 1.807) is 42.5 Å². The Bertz CT molecular complexity index is 1290. The Morgan fingerprint density at radius 2 is 1.77 bits per heavy atom. The molecule has 1 heterocycles. The molecular weight excluding hydrogens is 391 g/mol. The van der Waals surface area contributed by atoms with E-state index in [2.05, 4.69) is 10.5 Å². The first kappa shape index (κ1) is 20.0. The summed E-state index contributed by atoms with van der Waals surface area (Å²) in [6.45, 7) is 0.373. The molecule has 0 spiro atoms. The molecule has 0 bridgehead atoms. The predicted octanol–water partition coefficient (Wildman–Crippen LogP) is 4.59. The van der Waals surface area contributed by atoms with Crippen LogP contribution in [0.3, 0.4) is 0 Å². The monoisotopic (exact) mass is 410 g/mol. The van der Waals surface area contributed by atoms with Crippen molar-refractivity contribution in [3.8, 4) is 6.07 Å². The molecule has 1 amide bonds. The van der Waals surface area contributed by atoms with Gasteiger partial charge in [0, 0.05) is 28.2 Å². The van der Waals surface area contributed by atoms with Crippen LogP contribution >= 0.6 is 0 Å². The van der Waals surface area contributed by atoms with Crippen molar-refractivity contribution in [1.82, 2.24) is 9.99 Å². The number of nitriles is 1. The summed E-state index contributed by atoms with van der Waals surface area (Å²) < 4.78 is 16.1. The molecule has 5 nitrogen and oxygen atoms in total. The lowest BCUT2D eigenvalue weighted by Gasteiger charge is -2.06. The number of carbonyl (C=O) groups is 1. The maximum atomic E-state index is 14.1. The van der Waals surface area contributed by atoms with Crippen LogP contribution in [0.1, 0.15) is 22.6 Å². The van der Waals surface area contributed by atoms with E-state index in [9.17, 15) is 14.4 Å². The number of benzene rings is 3. The van der Waals surface area contributed by atoms with Gasteiger partial charge in [0.1, 0.15) is 5.82 Å². The van der Waals surface area contributed by atoms with E-state index in [1.165, 1.54) is 12.3 Å². The fourth-order valence-corrected chi connectivity index (χ4v) is 3.48. The molecule has 0 fully saturated rings. The number of para-hydroxylation sites is 1. The standard InChI is InChI=1S/C25H19FN4O/c26-23-12-6-4-10-19(23)16-30-17-20(21-11-5-7-13-24(21)30)15-28-29-25(31)22(14-27)18-8-2-1-3-9-18/h1-13,15,17,22H,16H2,(H,29,31)/b28-15-/t22-/m0/s1. The molecule has 31 heavy (non-hydrogen) atoms. The van der Waals surface area contributed by atoms with Gasteiger partial charge in [-0.05, 0) is 17.7 Å². The molecule has 0 radical (unpaired) electrons. The number of hydrazone groups is 1. The number of nitrogens with zero attached hydrogens (tertiary/aromatic N) is 3. The van der Waals surface area contributed by atoms with E-state index in [-0.39, 0.29) is 5.82 Å². The van der Waals surface area contributed by atoms with Crippen LogP contribution in [0.25, 0.3) is 10.9 Å². The molecule has 0 saturated carbocycles. The molecule has 0 unspecified atom stereocenters. The first-order chi connectivity index (χ1) is 15.2. The van der Waals surface area contributed by atoms with E-state index >= 15 is 0 Å². The minimum Gasteiger partial charge on any atom is -0.342 e. The summed E-state index contributed by atoms with van der Waals surface area (Å²) in [6, 6.07) is 25.2. The van der Waals surface area contributed by atoms with Gasteiger partial charge in [0.2, 0.25) is 0 Å². The Balaban J connectivity index is 1.56. The van der Waals surface area contributed by atoms with Gasteiger partial charge in [-0.1, -0.05) is 66.7 Å². The normalized spacial score (nSPS) is 12.0. The van der Waals surface area contributed by atoms with Crippen LogP contribution in [0.15, 0.2) is 90.2 Å². The molecule has 1 aromatic heterocycles. The summed E-state index contributed by atoms with van der Waals surface area (Å²) in [4.78, 5) is 12.4. The second-order valence-corrected chi connectivity index (χ2v) is 7.03. The van der Waals surface area contributed by atoms with Crippen molar-refractivity contribution in [3.05, 3.63) is 108 Å². The van der Waals surface area contributed by atoms with Crippen molar-refractivity contribution >= 4 is 23.0 Å². The zero-order valence-corrected chi connectivity index (χ0v) is 16.6. The third-order valence-electron chi connectivity index (χ3n) is 5.02. The van der Waals surface area contributed by atoms with Crippen LogP contribution in [0.4, 0.5) is 4.39 Å². The van der Waals surface area contributed by atoms with Crippen LogP contribution in [0.2, 0.25) is 0 Å². The van der Waals surface area contributed by atoms with E-state index in [1.807, 2.05) is 47.2 Å². The first-order valence-corrected chi connectivity index (χ1v) is 9.76. The van der Waals surface area contributed by atoms with Gasteiger partial charge >= 0.3 is 0 Å². The number of amides is 1. The van der Waals surface area contributed by atoms with Crippen molar-refractivity contribution in [3.63, 3.8) is 0 Å². The van der Waals surface area contributed by atoms with E-state index < -0.39 is 11.8 Å². The van der Waals surface area contributed by atoms with Crippen molar-refractivity contribution in [2.75, 3.05) is 0 Å². The Hall–Kier alpha value is -4.24. The third-order valence-corrected chi connectivity index (χ3v) is 5.02. The molecule has 1 N–H and O–H groups in total. The highest BCUT2D eigenvalue weighted by Gasteiger charge is 2.19. The molecule has 0 aliphatic carbocycles. The molecule has 3 aromatic carbocycles. The summed E-state index contributed by atoms with van der Waals surface area (Å²) in [5, 5.41) is 14.4. The summed E-state index contributed by atoms with van der Waals surface area (Å²) in [7, 11) is 0. The maximum Gasteiger partial charge on any atom is 0.261 e. The third kappa shape index (κ3) is 4.36. The van der Waals surface area contributed by atoms with Gasteiger partial charge in [0.05, 0.1) is 18.8 Å². The van der Waals surface area contributed by atoms with Crippen LogP contribution < -0.4 is 5.43 Å². The molecule has 4 rings (SSSR count). The highest BCUT2D eigenvalue weighted by molar-refractivity contribution is 6.00. The van der Waals surface area contributed by atoms with E-state index in [0.717, 1.165) is 16.5 Å². The first-order valence-electron chi connectivity index (χ1n) is 9.76. The smallest absolute Gasteiger partial charge is 0.261 e. The topological polar surface area (TPSA) is 70.2 Å². The van der Waals surface area contributed by atoms with E-state index in [4.69, 9.17) is 0 Å². The van der Waals surface area contributed by atoms with Gasteiger partial charge in [-0.25, -0.2) is 9.82 Å². The second-order valence-electron chi connectivity index (χ2n) is 7.03. The lowest BCUT2D eigenvalue weighted by molar-refractivity contribution is -0.121. The number of fused-ring (bicyclic) bond motifs is 1. The minimum absolute atomic E-state index is 0.258. The van der Waals surface area contributed by atoms with Crippen molar-refractivity contribution in [2.45, 2.75) is 12.5 Å². The van der Waals surface area contributed by atoms with Gasteiger partial charge in [-0.3, -0.25) is 4.79 Å². The van der Waals surface area contributed by atoms with Gasteiger partial charge in [-0.2, -0.15) is 10.4 Å². The quantitative estimate of drug-likeness (QED) is 0.373. The van der Waals surface area contributed by atoms with Crippen molar-refractivity contribution < 1.29 is 9.18 Å². The van der Waals surface area contributed by atoms with Crippen molar-refractivity contribution in [1.29, 1.82) is 5.26 Å². The zero-order chi connectivity index (χ0) is 21.6. The highest BCUT2D eigenvalue weighted by Crippen LogP contribution is 2.22. The lowest BCUT2D eigenvalue weighted by atomic mass is 10.0. The molecular formula is C25H19FN4O. The second kappa shape index (κ2) is 9.06. The molecule has 0 saturated heterocycles. The Labute approximate surface area is 179 Å². The fraction of sp³-hybridized carbons (Fsp3) is 0.0800. The van der Waals surface area contributed by atoms with Gasteiger partial charge in [0.15, 0.2) is 5.92 Å². The minimum atomic E-state index is -0.944. The molecule has 1 atom stereocenters. The summed E-state index contributed by atoms with van der Waals surface area (Å²) in [5.74, 6) is -1.70. The van der Waals surface area contributed by atoms with Gasteiger partial charge < -0.3 is 4.57 Å². The summed E-state index contributed by atoms with van der Waals surface area (Å²) >= 11 is 0. The highest BCUT2D eigenvalue weighted by atomic mass is 19.1. The van der Waals surface area contributed by atoms with Crippen LogP contribution in [0, 0.1) is 17.1 Å². The number of halogens is 1. The lowest BCUT2D eigenvalue weighted by Crippen LogP contribution is -2.24. The molecule has 152 valence electrons. The van der Waals surface area contributed by atoms with Gasteiger partial charge in [0.25, 0.3) is 5.91 Å². The summed E-state index contributed by atoms with van der Waals surface area (Å²) in [5.41, 5.74) is 5.35. The molecule has 6 heteroatoms. The van der Waals surface area contributed by atoms with Gasteiger partial charge in [-0.15, -0.1) is 0 Å². The Morgan fingerprint density at radius 3 is 2.55 bits per heavy atom. The number of aromatic nitrogens is 1. The van der Waals surface area contributed by atoms with Crippen LogP contribution in [-0.2, 0) is 11.3 Å². The fourth-order valence-electron chi connectivity index (χ4n) is 3.48. The van der Waals surface area contributed by atoms with E-state index in [0.29, 0.717) is 17.7 Å². The molecule has 4 aromatic rings. The maximum absolute atomic E-state index is 14.1. The number of nitrogens with one attached hydrogen (secondary N) is 1. The predicted molar refractivity (Wildman–Crippen MR) is 118 cm³/mol. The average molecular weight is 410 g/mol. The largest absolute Gasteiger partial charge is 0.342 e. The number of rotatable bonds is 6. The summed E-state index contributed by atoms with van der Waals surface area (Å²) in [6.07, 6.45) is 3.41. The average Bonchev–Trinajstić information content (AvgIpc) is 3.14. The van der Waals surface area contributed by atoms with Crippen LogP contribution in [-0.4, -0.2) is 16.7 Å². The zero-order valence-electron chi connectivity index (χ0n) is 16.6. The van der Waals surface area contributed by atoms with Crippen molar-refractivity contribution in [2.24, 2.45) is 5.10 Å². The number of hydrogen-bond acceptors (Lipinski definition) is 3. The molecule has 0 aliphatic heterocycles. The Morgan fingerprint density at radius 1 is 1.06 bits per heavy atom. The van der Waals surface area contributed by atoms with Crippen LogP contribution in [0.5, 0.6) is 0 Å². The molecule has 0 aliphatic rings. The SMILES string of the molecule is N#C[C@H](C(=O)N/N=C\c1cn(Cc2ccccc2F)c2ccccc12)c1ccccc1. The number of hydrogen-bond donors (Lipinski definition) is 1. The Kier molecular flexibility index (Phi) is 5.86.